The van der Waals surface area contributed by atoms with E-state index in [1.165, 1.54) is 0 Å². The van der Waals surface area contributed by atoms with Crippen LogP contribution in [0.2, 0.25) is 5.02 Å². The zero-order valence-electron chi connectivity index (χ0n) is 8.17. The summed E-state index contributed by atoms with van der Waals surface area (Å²) in [6.45, 7) is 1.59. The highest BCUT2D eigenvalue weighted by Crippen LogP contribution is 2.24. The zero-order chi connectivity index (χ0) is 10.7. The van der Waals surface area contributed by atoms with E-state index in [0.29, 0.717) is 11.1 Å². The number of nitrogens with zero attached hydrogens (tertiary/aromatic N) is 1. The van der Waals surface area contributed by atoms with Crippen molar-refractivity contribution in [2.24, 2.45) is 0 Å². The van der Waals surface area contributed by atoms with Crippen molar-refractivity contribution < 1.29 is 4.74 Å². The molecule has 1 fully saturated rings. The van der Waals surface area contributed by atoms with Crippen LogP contribution < -0.4 is 5.32 Å². The van der Waals surface area contributed by atoms with Gasteiger partial charge in [-0.05, 0) is 34.8 Å². The van der Waals surface area contributed by atoms with Gasteiger partial charge in [0.15, 0.2) is 0 Å². The lowest BCUT2D eigenvalue weighted by molar-refractivity contribution is 0.0875. The van der Waals surface area contributed by atoms with E-state index in [0.717, 1.165) is 36.3 Å². The molecule has 1 aromatic rings. The van der Waals surface area contributed by atoms with Gasteiger partial charge in [0.25, 0.3) is 0 Å². The standard InChI is InChI=1S/C10H12BrClN2O/c11-7-4-9(12)10(13-5-7)14-8-2-1-3-15-6-8/h4-5,8H,1-3,6H2,(H,13,14). The van der Waals surface area contributed by atoms with Crippen molar-refractivity contribution in [1.82, 2.24) is 4.98 Å². The number of hydrogen-bond acceptors (Lipinski definition) is 3. The maximum absolute atomic E-state index is 6.05. The van der Waals surface area contributed by atoms with Crippen LogP contribution in [0.15, 0.2) is 16.7 Å². The number of halogens is 2. The van der Waals surface area contributed by atoms with E-state index in [1.807, 2.05) is 6.07 Å². The van der Waals surface area contributed by atoms with Crippen molar-refractivity contribution in [2.75, 3.05) is 18.5 Å². The predicted molar refractivity (Wildman–Crippen MR) is 64.4 cm³/mol. The van der Waals surface area contributed by atoms with Gasteiger partial charge < -0.3 is 10.1 Å². The summed E-state index contributed by atoms with van der Waals surface area (Å²) >= 11 is 9.37. The summed E-state index contributed by atoms with van der Waals surface area (Å²) < 4.78 is 6.26. The molecule has 1 atom stereocenters. The van der Waals surface area contributed by atoms with Crippen molar-refractivity contribution in [3.63, 3.8) is 0 Å². The van der Waals surface area contributed by atoms with E-state index >= 15 is 0 Å². The molecule has 1 N–H and O–H groups in total. The van der Waals surface area contributed by atoms with E-state index in [2.05, 4.69) is 26.2 Å². The molecule has 0 aliphatic carbocycles. The van der Waals surface area contributed by atoms with Crippen LogP contribution in [0.5, 0.6) is 0 Å². The van der Waals surface area contributed by atoms with Crippen LogP contribution >= 0.6 is 27.5 Å². The van der Waals surface area contributed by atoms with Gasteiger partial charge in [-0.2, -0.15) is 0 Å². The van der Waals surface area contributed by atoms with E-state index in [9.17, 15) is 0 Å². The first-order valence-corrected chi connectivity index (χ1v) is 6.08. The number of nitrogens with one attached hydrogen (secondary N) is 1. The molecule has 0 radical (unpaired) electrons. The van der Waals surface area contributed by atoms with Crippen LogP contribution in [0.4, 0.5) is 5.82 Å². The topological polar surface area (TPSA) is 34.2 Å². The van der Waals surface area contributed by atoms with Crippen LogP contribution in [-0.4, -0.2) is 24.2 Å². The highest BCUT2D eigenvalue weighted by atomic mass is 79.9. The molecule has 0 aromatic carbocycles. The molecule has 3 nitrogen and oxygen atoms in total. The lowest BCUT2D eigenvalue weighted by Gasteiger charge is -2.23. The summed E-state index contributed by atoms with van der Waals surface area (Å²) in [6.07, 6.45) is 3.93. The minimum atomic E-state index is 0.324. The van der Waals surface area contributed by atoms with Gasteiger partial charge in [0.2, 0.25) is 0 Å². The highest BCUT2D eigenvalue weighted by molar-refractivity contribution is 9.10. The highest BCUT2D eigenvalue weighted by Gasteiger charge is 2.15. The fraction of sp³-hybridized carbons (Fsp3) is 0.500. The molecule has 1 aromatic heterocycles. The molecule has 1 saturated heterocycles. The molecular formula is C10H12BrClN2O. The summed E-state index contributed by atoms with van der Waals surface area (Å²) in [5, 5.41) is 3.92. The fourth-order valence-corrected chi connectivity index (χ4v) is 2.25. The monoisotopic (exact) mass is 290 g/mol. The fourth-order valence-electron chi connectivity index (χ4n) is 1.57. The first-order chi connectivity index (χ1) is 7.25. The second kappa shape index (κ2) is 5.14. The minimum absolute atomic E-state index is 0.324. The molecule has 0 bridgehead atoms. The molecule has 1 aliphatic rings. The predicted octanol–water partition coefficient (Wildman–Crippen LogP) is 3.09. The van der Waals surface area contributed by atoms with Gasteiger partial charge in [-0.1, -0.05) is 11.6 Å². The molecule has 2 rings (SSSR count). The smallest absolute Gasteiger partial charge is 0.145 e. The summed E-state index contributed by atoms with van der Waals surface area (Å²) in [4.78, 5) is 4.23. The molecular weight excluding hydrogens is 279 g/mol. The van der Waals surface area contributed by atoms with Crippen LogP contribution in [-0.2, 0) is 4.74 Å². The Bertz CT molecular complexity index is 342. The molecule has 2 heterocycles. The van der Waals surface area contributed by atoms with Gasteiger partial charge >= 0.3 is 0 Å². The van der Waals surface area contributed by atoms with Gasteiger partial charge in [-0.25, -0.2) is 4.98 Å². The third-order valence-electron chi connectivity index (χ3n) is 2.31. The van der Waals surface area contributed by atoms with Crippen LogP contribution in [0.1, 0.15) is 12.8 Å². The lowest BCUT2D eigenvalue weighted by atomic mass is 10.1. The first kappa shape index (κ1) is 11.2. The van der Waals surface area contributed by atoms with Crippen LogP contribution in [0, 0.1) is 0 Å². The number of hydrogen-bond donors (Lipinski definition) is 1. The first-order valence-electron chi connectivity index (χ1n) is 4.91. The number of anilines is 1. The van der Waals surface area contributed by atoms with Gasteiger partial charge in [0.05, 0.1) is 17.7 Å². The van der Waals surface area contributed by atoms with Crippen molar-refractivity contribution >= 4 is 33.3 Å². The number of pyridine rings is 1. The van der Waals surface area contributed by atoms with E-state index < -0.39 is 0 Å². The molecule has 1 unspecified atom stereocenters. The third-order valence-corrected chi connectivity index (χ3v) is 3.03. The van der Waals surface area contributed by atoms with Crippen molar-refractivity contribution in [1.29, 1.82) is 0 Å². The van der Waals surface area contributed by atoms with Crippen molar-refractivity contribution in [2.45, 2.75) is 18.9 Å². The number of rotatable bonds is 2. The minimum Gasteiger partial charge on any atom is -0.379 e. The molecule has 1 aliphatic heterocycles. The SMILES string of the molecule is Clc1cc(Br)cnc1NC1CCCOC1. The Kier molecular flexibility index (Phi) is 3.83. The molecule has 0 saturated carbocycles. The largest absolute Gasteiger partial charge is 0.379 e. The Morgan fingerprint density at radius 3 is 3.13 bits per heavy atom. The van der Waals surface area contributed by atoms with Crippen molar-refractivity contribution in [3.05, 3.63) is 21.8 Å². The number of ether oxygens (including phenoxy) is 1. The van der Waals surface area contributed by atoms with Crippen LogP contribution in [0.25, 0.3) is 0 Å². The summed E-state index contributed by atoms with van der Waals surface area (Å²) in [5.74, 6) is 0.732. The molecule has 0 spiro atoms. The quantitative estimate of drug-likeness (QED) is 0.909. The van der Waals surface area contributed by atoms with Gasteiger partial charge in [-0.15, -0.1) is 0 Å². The Morgan fingerprint density at radius 1 is 1.60 bits per heavy atom. The molecule has 82 valence electrons. The van der Waals surface area contributed by atoms with Gasteiger partial charge in [0, 0.05) is 17.3 Å². The summed E-state index contributed by atoms with van der Waals surface area (Å²) in [5.41, 5.74) is 0. The third kappa shape index (κ3) is 3.06. The summed E-state index contributed by atoms with van der Waals surface area (Å²) in [7, 11) is 0. The Morgan fingerprint density at radius 2 is 2.47 bits per heavy atom. The molecule has 0 amide bonds. The second-order valence-electron chi connectivity index (χ2n) is 3.54. The molecule has 15 heavy (non-hydrogen) atoms. The Labute approximate surface area is 102 Å². The second-order valence-corrected chi connectivity index (χ2v) is 4.87. The Balaban J connectivity index is 2.03. The van der Waals surface area contributed by atoms with Crippen molar-refractivity contribution in [3.8, 4) is 0 Å². The normalized spacial score (nSPS) is 21.3. The maximum atomic E-state index is 6.05. The van der Waals surface area contributed by atoms with Gasteiger partial charge in [0.1, 0.15) is 5.82 Å². The number of aromatic nitrogens is 1. The summed E-state index contributed by atoms with van der Waals surface area (Å²) in [6, 6.07) is 2.16. The maximum Gasteiger partial charge on any atom is 0.145 e. The average Bonchev–Trinajstić information content (AvgIpc) is 2.24. The Hall–Kier alpha value is -0.320. The van der Waals surface area contributed by atoms with Crippen LogP contribution in [0.3, 0.4) is 0 Å². The van der Waals surface area contributed by atoms with E-state index in [4.69, 9.17) is 16.3 Å². The van der Waals surface area contributed by atoms with Gasteiger partial charge in [-0.3, -0.25) is 0 Å². The lowest BCUT2D eigenvalue weighted by Crippen LogP contribution is -2.30. The zero-order valence-corrected chi connectivity index (χ0v) is 10.5. The average molecular weight is 292 g/mol. The van der Waals surface area contributed by atoms with E-state index in [-0.39, 0.29) is 0 Å². The molecule has 5 heteroatoms. The van der Waals surface area contributed by atoms with E-state index in [1.54, 1.807) is 6.20 Å².